The second-order valence-electron chi connectivity index (χ2n) is 5.81. The molecule has 0 radical (unpaired) electrons. The van der Waals surface area contributed by atoms with Crippen LogP contribution in [0.2, 0.25) is 0 Å². The van der Waals surface area contributed by atoms with Crippen LogP contribution in [-0.2, 0) is 6.18 Å². The number of rotatable bonds is 4. The summed E-state index contributed by atoms with van der Waals surface area (Å²) in [6, 6.07) is 13.8. The highest BCUT2D eigenvalue weighted by atomic mass is 19.4. The monoisotopic (exact) mass is 360 g/mol. The highest BCUT2D eigenvalue weighted by molar-refractivity contribution is 5.78. The number of nitriles is 1. The number of amidine groups is 1. The van der Waals surface area contributed by atoms with Crippen LogP contribution < -0.4 is 15.7 Å². The average Bonchev–Trinajstić information content (AvgIpc) is 3.05. The van der Waals surface area contributed by atoms with Crippen LogP contribution in [-0.4, -0.2) is 5.84 Å². The maximum Gasteiger partial charge on any atom is 0.416 e. The molecule has 8 heteroatoms. The van der Waals surface area contributed by atoms with Crippen LogP contribution in [0.4, 0.5) is 24.5 Å². The SMILES string of the molecule is CCCC1=NN(c2ccc(C#N)cc2)N(c2ccc(C(F)(F)F)cc2)[NH2+]1. The van der Waals surface area contributed by atoms with Crippen molar-refractivity contribution < 1.29 is 18.6 Å². The molecule has 134 valence electrons. The highest BCUT2D eigenvalue weighted by Crippen LogP contribution is 2.31. The van der Waals surface area contributed by atoms with Crippen molar-refractivity contribution in [2.24, 2.45) is 5.10 Å². The van der Waals surface area contributed by atoms with Gasteiger partial charge in [-0.25, -0.2) is 0 Å². The summed E-state index contributed by atoms with van der Waals surface area (Å²) < 4.78 is 38.4. The Balaban J connectivity index is 1.92. The number of quaternary nitrogens is 1. The first-order chi connectivity index (χ1) is 12.4. The Bertz CT molecular complexity index is 835. The van der Waals surface area contributed by atoms with Gasteiger partial charge in [-0.2, -0.15) is 23.9 Å². The lowest BCUT2D eigenvalue weighted by Crippen LogP contribution is -2.96. The van der Waals surface area contributed by atoms with Crippen LogP contribution >= 0.6 is 0 Å². The fourth-order valence-corrected chi connectivity index (χ4v) is 2.60. The molecule has 0 unspecified atom stereocenters. The van der Waals surface area contributed by atoms with E-state index >= 15 is 0 Å². The Kier molecular flexibility index (Phi) is 4.82. The van der Waals surface area contributed by atoms with Crippen LogP contribution in [0, 0.1) is 11.3 Å². The third-order valence-electron chi connectivity index (χ3n) is 3.89. The van der Waals surface area contributed by atoms with E-state index in [0.29, 0.717) is 16.9 Å². The molecule has 3 rings (SSSR count). The Morgan fingerprint density at radius 2 is 1.65 bits per heavy atom. The maximum atomic E-state index is 12.8. The van der Waals surface area contributed by atoms with Crippen molar-refractivity contribution in [3.05, 3.63) is 59.7 Å². The Morgan fingerprint density at radius 3 is 2.19 bits per heavy atom. The van der Waals surface area contributed by atoms with Crippen molar-refractivity contribution in [3.8, 4) is 6.07 Å². The summed E-state index contributed by atoms with van der Waals surface area (Å²) in [4.78, 5) is 0. The van der Waals surface area contributed by atoms with E-state index in [4.69, 9.17) is 5.26 Å². The molecule has 0 spiro atoms. The lowest BCUT2D eigenvalue weighted by Gasteiger charge is -2.24. The minimum atomic E-state index is -4.37. The van der Waals surface area contributed by atoms with E-state index in [1.807, 2.05) is 12.3 Å². The molecule has 1 aliphatic rings. The molecular formula is C18H17F3N5+. The summed E-state index contributed by atoms with van der Waals surface area (Å²) in [5.41, 5.74) is 2.92. The van der Waals surface area contributed by atoms with E-state index in [9.17, 15) is 13.2 Å². The van der Waals surface area contributed by atoms with Gasteiger partial charge in [0.2, 0.25) is 5.84 Å². The normalized spacial score (nSPS) is 14.3. The third-order valence-corrected chi connectivity index (χ3v) is 3.89. The molecule has 0 fully saturated rings. The molecule has 1 heterocycles. The number of halogens is 3. The summed E-state index contributed by atoms with van der Waals surface area (Å²) >= 11 is 0. The number of benzene rings is 2. The van der Waals surface area contributed by atoms with Gasteiger partial charge in [0, 0.05) is 6.42 Å². The zero-order chi connectivity index (χ0) is 18.7. The Labute approximate surface area is 148 Å². The van der Waals surface area contributed by atoms with Gasteiger partial charge >= 0.3 is 6.18 Å². The average molecular weight is 360 g/mol. The molecule has 5 nitrogen and oxygen atoms in total. The van der Waals surface area contributed by atoms with Crippen LogP contribution in [0.1, 0.15) is 30.9 Å². The van der Waals surface area contributed by atoms with Crippen molar-refractivity contribution in [2.75, 3.05) is 10.2 Å². The maximum absolute atomic E-state index is 12.8. The smallest absolute Gasteiger partial charge is 0.192 e. The van der Waals surface area contributed by atoms with E-state index in [2.05, 4.69) is 11.2 Å². The molecule has 0 amide bonds. The molecule has 0 atom stereocenters. The van der Waals surface area contributed by atoms with Gasteiger partial charge in [-0.15, -0.1) is 10.2 Å². The van der Waals surface area contributed by atoms with Crippen LogP contribution in [0.5, 0.6) is 0 Å². The molecule has 0 bridgehead atoms. The van der Waals surface area contributed by atoms with E-state index < -0.39 is 11.7 Å². The summed E-state index contributed by atoms with van der Waals surface area (Å²) in [6.07, 6.45) is -2.72. The van der Waals surface area contributed by atoms with Crippen molar-refractivity contribution in [3.63, 3.8) is 0 Å². The second-order valence-corrected chi connectivity index (χ2v) is 5.81. The van der Waals surface area contributed by atoms with Crippen LogP contribution in [0.15, 0.2) is 53.6 Å². The second kappa shape index (κ2) is 7.06. The van der Waals surface area contributed by atoms with Gasteiger partial charge < -0.3 is 0 Å². The molecule has 0 aromatic heterocycles. The summed E-state index contributed by atoms with van der Waals surface area (Å²) in [5, 5.41) is 16.8. The molecule has 2 aromatic carbocycles. The first kappa shape index (κ1) is 17.8. The van der Waals surface area contributed by atoms with E-state index in [-0.39, 0.29) is 0 Å². The fourth-order valence-electron chi connectivity index (χ4n) is 2.60. The fraction of sp³-hybridized carbons (Fsp3) is 0.222. The lowest BCUT2D eigenvalue weighted by atomic mass is 10.2. The van der Waals surface area contributed by atoms with Gasteiger partial charge in [-0.3, -0.25) is 0 Å². The molecule has 0 saturated carbocycles. The molecule has 1 aliphatic heterocycles. The van der Waals surface area contributed by atoms with Crippen molar-refractivity contribution in [2.45, 2.75) is 25.9 Å². The molecule has 0 aliphatic carbocycles. The number of anilines is 2. The number of nitrogens with two attached hydrogens (primary N) is 1. The Morgan fingerprint density at radius 1 is 1.04 bits per heavy atom. The topological polar surface area (TPSA) is 59.2 Å². The summed E-state index contributed by atoms with van der Waals surface area (Å²) in [6.45, 7) is 2.03. The minimum Gasteiger partial charge on any atom is -0.192 e. The summed E-state index contributed by atoms with van der Waals surface area (Å²) in [5.74, 6) is 0.830. The first-order valence-electron chi connectivity index (χ1n) is 8.11. The highest BCUT2D eigenvalue weighted by Gasteiger charge is 2.33. The molecular weight excluding hydrogens is 343 g/mol. The van der Waals surface area contributed by atoms with Gasteiger partial charge in [-0.05, 0) is 55.0 Å². The predicted octanol–water partition coefficient (Wildman–Crippen LogP) is 3.41. The molecule has 26 heavy (non-hydrogen) atoms. The first-order valence-corrected chi connectivity index (χ1v) is 8.11. The van der Waals surface area contributed by atoms with Crippen molar-refractivity contribution >= 4 is 17.2 Å². The number of alkyl halides is 3. The van der Waals surface area contributed by atoms with E-state index in [1.54, 1.807) is 34.5 Å². The lowest BCUT2D eigenvalue weighted by molar-refractivity contribution is -0.548. The molecule has 2 aromatic rings. The zero-order valence-electron chi connectivity index (χ0n) is 14.0. The van der Waals surface area contributed by atoms with Crippen molar-refractivity contribution in [1.29, 1.82) is 5.26 Å². The van der Waals surface area contributed by atoms with Crippen LogP contribution in [0.3, 0.4) is 0 Å². The summed E-state index contributed by atoms with van der Waals surface area (Å²) in [7, 11) is 0. The van der Waals surface area contributed by atoms with Gasteiger partial charge in [0.15, 0.2) is 0 Å². The number of hydrazine groups is 1. The zero-order valence-corrected chi connectivity index (χ0v) is 14.0. The predicted molar refractivity (Wildman–Crippen MR) is 91.8 cm³/mol. The van der Waals surface area contributed by atoms with E-state index in [1.165, 1.54) is 12.1 Å². The number of hydrogen-bond acceptors (Lipinski definition) is 4. The third kappa shape index (κ3) is 3.63. The molecule has 0 saturated heterocycles. The largest absolute Gasteiger partial charge is 0.416 e. The number of hydrazone groups is 1. The minimum absolute atomic E-state index is 0.524. The quantitative estimate of drug-likeness (QED) is 0.850. The van der Waals surface area contributed by atoms with E-state index in [0.717, 1.165) is 30.8 Å². The Hall–Kier alpha value is -3.05. The number of hydrogen-bond donors (Lipinski definition) is 1. The van der Waals surface area contributed by atoms with Crippen molar-refractivity contribution in [1.82, 2.24) is 0 Å². The molecule has 2 N–H and O–H groups in total. The van der Waals surface area contributed by atoms with Gasteiger partial charge in [-0.1, -0.05) is 12.0 Å². The van der Waals surface area contributed by atoms with Crippen LogP contribution in [0.25, 0.3) is 0 Å². The standard InChI is InChI=1S/C18H16F3N5/c1-2-3-17-23-25(15-8-4-13(12-22)5-9-15)26(24-17)16-10-6-14(7-11-16)18(19,20)21/h4-11H,2-3H2,1H3,(H,23,24)/p+1. The number of nitrogens with zero attached hydrogens (tertiary/aromatic N) is 4. The van der Waals surface area contributed by atoms with Gasteiger partial charge in [0.1, 0.15) is 5.69 Å². The van der Waals surface area contributed by atoms with Gasteiger partial charge in [0.25, 0.3) is 0 Å². The van der Waals surface area contributed by atoms with Gasteiger partial charge in [0.05, 0.1) is 22.9 Å².